The minimum absolute atomic E-state index is 0.626. The molecule has 2 rings (SSSR count). The van der Waals surface area contributed by atoms with E-state index in [1.165, 1.54) is 6.34 Å². The van der Waals surface area contributed by atoms with E-state index in [4.69, 9.17) is 11.5 Å². The van der Waals surface area contributed by atoms with Crippen LogP contribution in [-0.4, -0.2) is 24.2 Å². The Bertz CT molecular complexity index is 582. The summed E-state index contributed by atoms with van der Waals surface area (Å²) in [6.07, 6.45) is 1.31. The number of rotatable bonds is 3. The highest BCUT2D eigenvalue weighted by Gasteiger charge is 2.52. The topological polar surface area (TPSA) is 111 Å². The van der Waals surface area contributed by atoms with Crippen molar-refractivity contribution < 1.29 is 9.59 Å². The first-order valence-corrected chi connectivity index (χ1v) is 5.86. The van der Waals surface area contributed by atoms with E-state index in [-0.39, 0.29) is 0 Å². The monoisotopic (exact) mass is 260 g/mol. The second-order valence-electron chi connectivity index (χ2n) is 4.72. The number of benzene rings is 1. The minimum Gasteiger partial charge on any atom is -0.368 e. The predicted molar refractivity (Wildman–Crippen MR) is 71.4 cm³/mol. The lowest BCUT2D eigenvalue weighted by molar-refractivity contribution is -0.130. The van der Waals surface area contributed by atoms with E-state index < -0.39 is 23.4 Å². The van der Waals surface area contributed by atoms with E-state index >= 15 is 0 Å². The summed E-state index contributed by atoms with van der Waals surface area (Å²) in [5.74, 6) is -1.37. The molecule has 0 saturated heterocycles. The summed E-state index contributed by atoms with van der Waals surface area (Å²) in [7, 11) is 0. The van der Waals surface area contributed by atoms with E-state index in [0.29, 0.717) is 5.56 Å². The molecule has 2 atom stereocenters. The van der Waals surface area contributed by atoms with Crippen LogP contribution in [0.2, 0.25) is 0 Å². The minimum atomic E-state index is -1.40. The van der Waals surface area contributed by atoms with Gasteiger partial charge in [0, 0.05) is 0 Å². The molecule has 6 nitrogen and oxygen atoms in total. The number of hydrogen-bond donors (Lipinski definition) is 3. The maximum atomic E-state index is 12.0. The number of nitrogens with one attached hydrogen (secondary N) is 1. The van der Waals surface area contributed by atoms with Crippen molar-refractivity contribution in [2.24, 2.45) is 16.5 Å². The highest BCUT2D eigenvalue weighted by molar-refractivity contribution is 6.00. The van der Waals surface area contributed by atoms with Crippen molar-refractivity contribution >= 4 is 18.2 Å². The Hall–Kier alpha value is -2.37. The number of nitrogens with two attached hydrogens (primary N) is 2. The summed E-state index contributed by atoms with van der Waals surface area (Å²) in [6.45, 7) is 3.74. The average Bonchev–Trinajstić information content (AvgIpc) is 2.78. The summed E-state index contributed by atoms with van der Waals surface area (Å²) in [5, 5.41) is 2.82. The largest absolute Gasteiger partial charge is 0.368 e. The third-order valence-electron chi connectivity index (χ3n) is 3.40. The van der Waals surface area contributed by atoms with E-state index in [1.54, 1.807) is 0 Å². The van der Waals surface area contributed by atoms with Crippen LogP contribution in [0.15, 0.2) is 23.2 Å². The summed E-state index contributed by atoms with van der Waals surface area (Å²) in [6, 6.07) is 4.57. The zero-order chi connectivity index (χ0) is 14.2. The van der Waals surface area contributed by atoms with Gasteiger partial charge in [-0.2, -0.15) is 0 Å². The van der Waals surface area contributed by atoms with Gasteiger partial charge in [-0.15, -0.1) is 0 Å². The van der Waals surface area contributed by atoms with Crippen LogP contribution in [0, 0.1) is 13.8 Å². The SMILES string of the molecule is Cc1ccc(C)c(C2(C(N)=O)NC=NC2C(N)=O)c1. The molecular formula is C13H16N4O2. The number of nitrogens with zero attached hydrogens (tertiary/aromatic N) is 1. The van der Waals surface area contributed by atoms with E-state index in [1.807, 2.05) is 32.0 Å². The Kier molecular flexibility index (Phi) is 3.01. The number of carbonyl (C=O) groups is 2. The first-order valence-electron chi connectivity index (χ1n) is 5.86. The maximum Gasteiger partial charge on any atom is 0.250 e. The fraction of sp³-hybridized carbons (Fsp3) is 0.308. The van der Waals surface area contributed by atoms with Crippen molar-refractivity contribution in [3.05, 3.63) is 34.9 Å². The molecule has 6 heteroatoms. The van der Waals surface area contributed by atoms with Crippen molar-refractivity contribution in [1.29, 1.82) is 0 Å². The van der Waals surface area contributed by atoms with Gasteiger partial charge in [-0.25, -0.2) is 0 Å². The third-order valence-corrected chi connectivity index (χ3v) is 3.40. The highest BCUT2D eigenvalue weighted by atomic mass is 16.2. The van der Waals surface area contributed by atoms with Crippen molar-refractivity contribution in [2.45, 2.75) is 25.4 Å². The highest BCUT2D eigenvalue weighted by Crippen LogP contribution is 2.32. The molecule has 5 N–H and O–H groups in total. The molecule has 19 heavy (non-hydrogen) atoms. The summed E-state index contributed by atoms with van der Waals surface area (Å²) < 4.78 is 0. The Labute approximate surface area is 110 Å². The van der Waals surface area contributed by atoms with E-state index in [0.717, 1.165) is 11.1 Å². The lowest BCUT2D eigenvalue weighted by Crippen LogP contribution is -2.59. The normalized spacial score (nSPS) is 25.1. The molecule has 1 aromatic carbocycles. The zero-order valence-electron chi connectivity index (χ0n) is 10.8. The van der Waals surface area contributed by atoms with Gasteiger partial charge in [-0.3, -0.25) is 14.6 Å². The van der Waals surface area contributed by atoms with Crippen LogP contribution >= 0.6 is 0 Å². The second-order valence-corrected chi connectivity index (χ2v) is 4.72. The summed E-state index contributed by atoms with van der Waals surface area (Å²) in [5.41, 5.74) is 11.9. The molecule has 0 spiro atoms. The number of hydrogen-bond acceptors (Lipinski definition) is 4. The van der Waals surface area contributed by atoms with Crippen LogP contribution in [-0.2, 0) is 15.1 Å². The molecule has 0 aliphatic carbocycles. The van der Waals surface area contributed by atoms with Crippen molar-refractivity contribution in [3.63, 3.8) is 0 Å². The number of primary amides is 2. The van der Waals surface area contributed by atoms with Crippen molar-refractivity contribution in [1.82, 2.24) is 5.32 Å². The smallest absolute Gasteiger partial charge is 0.250 e. The van der Waals surface area contributed by atoms with Crippen LogP contribution in [0.25, 0.3) is 0 Å². The molecule has 0 bridgehead atoms. The van der Waals surface area contributed by atoms with Gasteiger partial charge in [0.1, 0.15) is 0 Å². The molecule has 1 aromatic rings. The molecular weight excluding hydrogens is 244 g/mol. The van der Waals surface area contributed by atoms with Crippen LogP contribution in [0.1, 0.15) is 16.7 Å². The van der Waals surface area contributed by atoms with Gasteiger partial charge >= 0.3 is 0 Å². The average molecular weight is 260 g/mol. The molecule has 2 unspecified atom stereocenters. The van der Waals surface area contributed by atoms with Gasteiger partial charge in [0.15, 0.2) is 11.6 Å². The standard InChI is InChI=1S/C13H16N4O2/c1-7-3-4-8(2)9(5-7)13(12(15)19)10(11(14)18)16-6-17-13/h3-6,10H,1-2H3,(H2,14,18)(H2,15,19)(H,16,17). The summed E-state index contributed by atoms with van der Waals surface area (Å²) >= 11 is 0. The molecule has 100 valence electrons. The number of carbonyl (C=O) groups excluding carboxylic acids is 2. The Morgan fingerprint density at radius 3 is 2.58 bits per heavy atom. The number of amides is 2. The van der Waals surface area contributed by atoms with Crippen molar-refractivity contribution in [3.8, 4) is 0 Å². The first-order chi connectivity index (χ1) is 8.89. The molecule has 0 radical (unpaired) electrons. The predicted octanol–water partition coefficient (Wildman–Crippen LogP) is -0.531. The van der Waals surface area contributed by atoms with E-state index in [2.05, 4.69) is 10.3 Å². The van der Waals surface area contributed by atoms with Gasteiger partial charge in [-0.1, -0.05) is 23.8 Å². The number of aryl methyl sites for hydroxylation is 2. The van der Waals surface area contributed by atoms with Gasteiger partial charge in [-0.05, 0) is 25.0 Å². The van der Waals surface area contributed by atoms with Crippen molar-refractivity contribution in [2.75, 3.05) is 0 Å². The molecule has 1 aliphatic rings. The fourth-order valence-corrected chi connectivity index (χ4v) is 2.42. The van der Waals surface area contributed by atoms with Gasteiger partial charge in [0.05, 0.1) is 6.34 Å². The van der Waals surface area contributed by atoms with Crippen LogP contribution in [0.5, 0.6) is 0 Å². The zero-order valence-corrected chi connectivity index (χ0v) is 10.8. The van der Waals surface area contributed by atoms with Gasteiger partial charge in [0.25, 0.3) is 5.91 Å². The molecule has 0 aromatic heterocycles. The summed E-state index contributed by atoms with van der Waals surface area (Å²) in [4.78, 5) is 27.5. The third kappa shape index (κ3) is 1.85. The first kappa shape index (κ1) is 13.1. The van der Waals surface area contributed by atoms with Crippen LogP contribution in [0.4, 0.5) is 0 Å². The van der Waals surface area contributed by atoms with E-state index in [9.17, 15) is 9.59 Å². The lowest BCUT2D eigenvalue weighted by atomic mass is 9.80. The Morgan fingerprint density at radius 1 is 1.32 bits per heavy atom. The molecule has 0 saturated carbocycles. The molecule has 1 heterocycles. The maximum absolute atomic E-state index is 12.0. The lowest BCUT2D eigenvalue weighted by Gasteiger charge is -2.31. The quantitative estimate of drug-likeness (QED) is 0.679. The van der Waals surface area contributed by atoms with Crippen LogP contribution in [0.3, 0.4) is 0 Å². The molecule has 0 fully saturated rings. The van der Waals surface area contributed by atoms with Gasteiger partial charge in [0.2, 0.25) is 5.91 Å². The second kappa shape index (κ2) is 4.38. The number of aliphatic imine (C=N–C) groups is 1. The Morgan fingerprint density at radius 2 is 2.00 bits per heavy atom. The van der Waals surface area contributed by atoms with Gasteiger partial charge < -0.3 is 16.8 Å². The Balaban J connectivity index is 2.67. The van der Waals surface area contributed by atoms with Crippen LogP contribution < -0.4 is 16.8 Å². The molecule has 1 aliphatic heterocycles. The fourth-order valence-electron chi connectivity index (χ4n) is 2.42. The molecule has 2 amide bonds.